The fourth-order valence-corrected chi connectivity index (χ4v) is 2.86. The van der Waals surface area contributed by atoms with Gasteiger partial charge in [0.2, 0.25) is 5.91 Å². The predicted octanol–water partition coefficient (Wildman–Crippen LogP) is 2.32. The van der Waals surface area contributed by atoms with Crippen LogP contribution in [0.2, 0.25) is 0 Å². The molecular formula is C16H25N3O. The highest BCUT2D eigenvalue weighted by molar-refractivity contribution is 5.88. The number of nitrogens with one attached hydrogen (secondary N) is 1. The van der Waals surface area contributed by atoms with E-state index in [1.54, 1.807) is 0 Å². The zero-order chi connectivity index (χ0) is 14.7. The fourth-order valence-electron chi connectivity index (χ4n) is 2.86. The van der Waals surface area contributed by atoms with Crippen LogP contribution in [0.5, 0.6) is 0 Å². The quantitative estimate of drug-likeness (QED) is 0.811. The number of carbonyl (C=O) groups is 1. The molecule has 0 saturated carbocycles. The number of fused-ring (bicyclic) bond motifs is 1. The smallest absolute Gasteiger partial charge is 0.242 e. The van der Waals surface area contributed by atoms with Crippen LogP contribution in [0.25, 0.3) is 0 Å². The first-order valence-electron chi connectivity index (χ1n) is 7.52. The predicted molar refractivity (Wildman–Crippen MR) is 83.9 cm³/mol. The normalized spacial score (nSPS) is 15.3. The van der Waals surface area contributed by atoms with Gasteiger partial charge in [-0.15, -0.1) is 0 Å². The zero-order valence-electron chi connectivity index (χ0n) is 12.6. The Morgan fingerprint density at radius 3 is 2.75 bits per heavy atom. The molecule has 0 spiro atoms. The average Bonchev–Trinajstić information content (AvgIpc) is 2.89. The molecule has 1 aromatic rings. The molecule has 0 saturated heterocycles. The molecule has 20 heavy (non-hydrogen) atoms. The van der Waals surface area contributed by atoms with Crippen molar-refractivity contribution in [1.82, 2.24) is 5.32 Å². The lowest BCUT2D eigenvalue weighted by atomic mass is 10.1. The molecule has 1 aliphatic heterocycles. The first-order chi connectivity index (χ1) is 9.58. The van der Waals surface area contributed by atoms with Gasteiger partial charge in [0.05, 0.1) is 11.4 Å². The summed E-state index contributed by atoms with van der Waals surface area (Å²) in [6.45, 7) is 7.02. The molecule has 1 heterocycles. The Labute approximate surface area is 121 Å². The van der Waals surface area contributed by atoms with Crippen molar-refractivity contribution in [2.75, 3.05) is 17.2 Å². The van der Waals surface area contributed by atoms with E-state index in [9.17, 15) is 4.79 Å². The van der Waals surface area contributed by atoms with E-state index in [-0.39, 0.29) is 18.0 Å². The topological polar surface area (TPSA) is 58.4 Å². The maximum atomic E-state index is 12.4. The summed E-state index contributed by atoms with van der Waals surface area (Å²) in [5.74, 6) is 0.0924. The minimum absolute atomic E-state index is 0.0924. The summed E-state index contributed by atoms with van der Waals surface area (Å²) in [7, 11) is 0. The number of para-hydroxylation sites is 1. The molecule has 4 heteroatoms. The van der Waals surface area contributed by atoms with E-state index in [0.29, 0.717) is 0 Å². The van der Waals surface area contributed by atoms with Crippen LogP contribution in [0.1, 0.15) is 39.2 Å². The number of hydrogen-bond donors (Lipinski definition) is 2. The van der Waals surface area contributed by atoms with Gasteiger partial charge in [-0.3, -0.25) is 4.79 Å². The van der Waals surface area contributed by atoms with Crippen LogP contribution in [-0.4, -0.2) is 24.5 Å². The third-order valence-electron chi connectivity index (χ3n) is 4.24. The Bertz CT molecular complexity index is 483. The van der Waals surface area contributed by atoms with Gasteiger partial charge in [0, 0.05) is 12.6 Å². The van der Waals surface area contributed by atoms with Crippen LogP contribution in [-0.2, 0) is 11.2 Å². The second-order valence-electron chi connectivity index (χ2n) is 5.50. The van der Waals surface area contributed by atoms with E-state index >= 15 is 0 Å². The van der Waals surface area contributed by atoms with E-state index in [1.807, 2.05) is 19.1 Å². The lowest BCUT2D eigenvalue weighted by molar-refractivity contribution is -0.122. The van der Waals surface area contributed by atoms with Gasteiger partial charge in [-0.1, -0.05) is 26.0 Å². The summed E-state index contributed by atoms with van der Waals surface area (Å²) in [4.78, 5) is 14.5. The molecule has 0 bridgehead atoms. The largest absolute Gasteiger partial charge is 0.397 e. The van der Waals surface area contributed by atoms with E-state index in [2.05, 4.69) is 30.1 Å². The fraction of sp³-hybridized carbons (Fsp3) is 0.562. The molecule has 0 fully saturated rings. The minimum atomic E-state index is -0.179. The van der Waals surface area contributed by atoms with Gasteiger partial charge in [-0.2, -0.15) is 0 Å². The van der Waals surface area contributed by atoms with Crippen LogP contribution in [0.3, 0.4) is 0 Å². The summed E-state index contributed by atoms with van der Waals surface area (Å²) < 4.78 is 0. The molecule has 0 aromatic heterocycles. The average molecular weight is 275 g/mol. The second kappa shape index (κ2) is 6.16. The number of carbonyl (C=O) groups excluding carboxylic acids is 1. The van der Waals surface area contributed by atoms with Gasteiger partial charge >= 0.3 is 0 Å². The number of nitrogens with two attached hydrogens (primary N) is 1. The lowest BCUT2D eigenvalue weighted by Crippen LogP contribution is -2.47. The van der Waals surface area contributed by atoms with Crippen molar-refractivity contribution in [2.24, 2.45) is 0 Å². The summed E-state index contributed by atoms with van der Waals surface area (Å²) >= 11 is 0. The number of benzene rings is 1. The molecule has 0 aliphatic carbocycles. The molecule has 1 aromatic carbocycles. The molecule has 0 radical (unpaired) electrons. The van der Waals surface area contributed by atoms with Gasteiger partial charge < -0.3 is 16.0 Å². The van der Waals surface area contributed by atoms with Gasteiger partial charge in [0.15, 0.2) is 0 Å². The Balaban J connectivity index is 2.12. The van der Waals surface area contributed by atoms with Crippen molar-refractivity contribution in [3.8, 4) is 0 Å². The molecular weight excluding hydrogens is 250 g/mol. The van der Waals surface area contributed by atoms with Crippen molar-refractivity contribution >= 4 is 17.3 Å². The molecule has 1 atom stereocenters. The Morgan fingerprint density at radius 1 is 1.40 bits per heavy atom. The van der Waals surface area contributed by atoms with Gasteiger partial charge in [0.25, 0.3) is 0 Å². The van der Waals surface area contributed by atoms with Crippen LogP contribution >= 0.6 is 0 Å². The Morgan fingerprint density at radius 2 is 2.10 bits per heavy atom. The summed E-state index contributed by atoms with van der Waals surface area (Å²) in [6.07, 6.45) is 2.89. The number of nitrogen functional groups attached to an aromatic ring is 1. The van der Waals surface area contributed by atoms with Gasteiger partial charge in [0.1, 0.15) is 6.04 Å². The summed E-state index contributed by atoms with van der Waals surface area (Å²) in [5.41, 5.74) is 9.13. The van der Waals surface area contributed by atoms with Crippen molar-refractivity contribution in [3.63, 3.8) is 0 Å². The standard InChI is InChI=1S/C16H25N3O/c1-4-13(5-2)18-16(20)11(3)19-10-9-12-7-6-8-14(17)15(12)19/h6-8,11,13H,4-5,9-10,17H2,1-3H3,(H,18,20). The van der Waals surface area contributed by atoms with Gasteiger partial charge in [-0.05, 0) is 37.8 Å². The van der Waals surface area contributed by atoms with E-state index < -0.39 is 0 Å². The highest BCUT2D eigenvalue weighted by atomic mass is 16.2. The molecule has 1 amide bonds. The van der Waals surface area contributed by atoms with E-state index in [1.165, 1.54) is 5.56 Å². The Hall–Kier alpha value is -1.71. The molecule has 4 nitrogen and oxygen atoms in total. The number of rotatable bonds is 5. The maximum absolute atomic E-state index is 12.4. The molecule has 110 valence electrons. The first-order valence-corrected chi connectivity index (χ1v) is 7.52. The third-order valence-corrected chi connectivity index (χ3v) is 4.24. The molecule has 1 aliphatic rings. The summed E-state index contributed by atoms with van der Waals surface area (Å²) in [6, 6.07) is 6.06. The number of amides is 1. The highest BCUT2D eigenvalue weighted by Gasteiger charge is 2.29. The third kappa shape index (κ3) is 2.74. The van der Waals surface area contributed by atoms with Crippen molar-refractivity contribution in [3.05, 3.63) is 23.8 Å². The first kappa shape index (κ1) is 14.7. The number of nitrogens with zero attached hydrogens (tertiary/aromatic N) is 1. The van der Waals surface area contributed by atoms with Crippen molar-refractivity contribution in [2.45, 2.75) is 52.1 Å². The zero-order valence-corrected chi connectivity index (χ0v) is 12.6. The van der Waals surface area contributed by atoms with Crippen LogP contribution in [0.4, 0.5) is 11.4 Å². The molecule has 2 rings (SSSR count). The maximum Gasteiger partial charge on any atom is 0.242 e. The van der Waals surface area contributed by atoms with Crippen LogP contribution < -0.4 is 16.0 Å². The molecule has 1 unspecified atom stereocenters. The van der Waals surface area contributed by atoms with E-state index in [0.717, 1.165) is 37.2 Å². The SMILES string of the molecule is CCC(CC)NC(=O)C(C)N1CCc2cccc(N)c21. The van der Waals surface area contributed by atoms with Crippen molar-refractivity contribution < 1.29 is 4.79 Å². The number of anilines is 2. The molecule has 3 N–H and O–H groups in total. The summed E-state index contributed by atoms with van der Waals surface area (Å²) in [5, 5.41) is 3.12. The second-order valence-corrected chi connectivity index (χ2v) is 5.50. The lowest BCUT2D eigenvalue weighted by Gasteiger charge is -2.28. The minimum Gasteiger partial charge on any atom is -0.397 e. The van der Waals surface area contributed by atoms with Crippen LogP contribution in [0, 0.1) is 0 Å². The van der Waals surface area contributed by atoms with Crippen molar-refractivity contribution in [1.29, 1.82) is 0 Å². The highest BCUT2D eigenvalue weighted by Crippen LogP contribution is 2.34. The van der Waals surface area contributed by atoms with Gasteiger partial charge in [-0.25, -0.2) is 0 Å². The monoisotopic (exact) mass is 275 g/mol. The van der Waals surface area contributed by atoms with E-state index in [4.69, 9.17) is 5.73 Å². The Kier molecular flexibility index (Phi) is 4.53. The van der Waals surface area contributed by atoms with Crippen LogP contribution in [0.15, 0.2) is 18.2 Å². The number of hydrogen-bond acceptors (Lipinski definition) is 3.